The molecule has 4 N–H and O–H groups in total. The van der Waals surface area contributed by atoms with Gasteiger partial charge < -0.3 is 21.3 Å². The first kappa shape index (κ1) is 14.7. The van der Waals surface area contributed by atoms with Crippen LogP contribution < -0.4 is 16.4 Å². The Morgan fingerprint density at radius 3 is 2.31 bits per heavy atom. The molecule has 94 valence electrons. The highest BCUT2D eigenvalue weighted by atomic mass is 16.2. The van der Waals surface area contributed by atoms with E-state index >= 15 is 0 Å². The number of nitrogens with zero attached hydrogens (tertiary/aromatic N) is 1. The van der Waals surface area contributed by atoms with Gasteiger partial charge in [-0.05, 0) is 19.4 Å². The maximum absolute atomic E-state index is 11.2. The summed E-state index contributed by atoms with van der Waals surface area (Å²) < 4.78 is 0. The summed E-state index contributed by atoms with van der Waals surface area (Å²) in [5.41, 5.74) is 5.31. The zero-order valence-electron chi connectivity index (χ0n) is 10.1. The van der Waals surface area contributed by atoms with Crippen molar-refractivity contribution in [3.63, 3.8) is 0 Å². The van der Waals surface area contributed by atoms with Gasteiger partial charge in [-0.2, -0.15) is 0 Å². The lowest BCUT2D eigenvalue weighted by Crippen LogP contribution is -2.39. The number of carbonyl (C=O) groups excluding carboxylic acids is 2. The first-order chi connectivity index (χ1) is 7.57. The van der Waals surface area contributed by atoms with Crippen molar-refractivity contribution in [2.24, 2.45) is 5.73 Å². The van der Waals surface area contributed by atoms with E-state index in [4.69, 9.17) is 5.73 Å². The van der Waals surface area contributed by atoms with Gasteiger partial charge in [-0.3, -0.25) is 4.79 Å². The van der Waals surface area contributed by atoms with Gasteiger partial charge in [0.05, 0.1) is 0 Å². The molecule has 0 aromatic heterocycles. The second-order valence-corrected chi connectivity index (χ2v) is 3.72. The molecule has 0 aromatic carbocycles. The molecule has 3 amide bonds. The molecule has 16 heavy (non-hydrogen) atoms. The van der Waals surface area contributed by atoms with Crippen LogP contribution in [0.2, 0.25) is 0 Å². The summed E-state index contributed by atoms with van der Waals surface area (Å²) in [6.45, 7) is 1.52. The minimum absolute atomic E-state index is 0.00699. The highest BCUT2D eigenvalue weighted by molar-refractivity contribution is 5.76. The molecule has 0 atom stereocenters. The maximum Gasteiger partial charge on any atom is 0.316 e. The second-order valence-electron chi connectivity index (χ2n) is 3.72. The quantitative estimate of drug-likeness (QED) is 0.515. The van der Waals surface area contributed by atoms with Crippen LogP contribution in [0.3, 0.4) is 0 Å². The van der Waals surface area contributed by atoms with Gasteiger partial charge in [0, 0.05) is 33.6 Å². The van der Waals surface area contributed by atoms with Crippen LogP contribution in [0.15, 0.2) is 0 Å². The van der Waals surface area contributed by atoms with Gasteiger partial charge in [-0.25, -0.2) is 4.79 Å². The zero-order valence-corrected chi connectivity index (χ0v) is 10.1. The van der Waals surface area contributed by atoms with Crippen LogP contribution in [0.5, 0.6) is 0 Å². The van der Waals surface area contributed by atoms with Gasteiger partial charge in [0.25, 0.3) is 0 Å². The first-order valence-electron chi connectivity index (χ1n) is 5.50. The lowest BCUT2D eigenvalue weighted by molar-refractivity contribution is -0.121. The molecule has 0 heterocycles. The van der Waals surface area contributed by atoms with Crippen molar-refractivity contribution in [1.29, 1.82) is 0 Å². The molecular formula is C10H22N4O2. The van der Waals surface area contributed by atoms with Gasteiger partial charge in [-0.15, -0.1) is 0 Å². The lowest BCUT2D eigenvalue weighted by atomic mass is 10.2. The van der Waals surface area contributed by atoms with E-state index in [1.165, 1.54) is 4.90 Å². The van der Waals surface area contributed by atoms with Crippen LogP contribution in [0.4, 0.5) is 4.79 Å². The number of unbranched alkanes of at least 4 members (excludes halogenated alkanes) is 1. The Hall–Kier alpha value is -1.30. The van der Waals surface area contributed by atoms with Crippen molar-refractivity contribution in [2.45, 2.75) is 19.3 Å². The summed E-state index contributed by atoms with van der Waals surface area (Å²) in [7, 11) is 3.33. The van der Waals surface area contributed by atoms with E-state index in [-0.39, 0.29) is 11.9 Å². The fraction of sp³-hybridized carbons (Fsp3) is 0.800. The lowest BCUT2D eigenvalue weighted by Gasteiger charge is -2.12. The third-order valence-corrected chi connectivity index (χ3v) is 1.99. The number of hydrogen-bond acceptors (Lipinski definition) is 3. The molecular weight excluding hydrogens is 208 g/mol. The molecule has 0 bridgehead atoms. The normalized spacial score (nSPS) is 9.69. The predicted octanol–water partition coefficient (Wildman–Crippen LogP) is -0.497. The monoisotopic (exact) mass is 230 g/mol. The fourth-order valence-electron chi connectivity index (χ4n) is 1.05. The number of urea groups is 1. The Kier molecular flexibility index (Phi) is 8.24. The van der Waals surface area contributed by atoms with Crippen molar-refractivity contribution in [3.05, 3.63) is 0 Å². The van der Waals surface area contributed by atoms with E-state index < -0.39 is 0 Å². The number of rotatable bonds is 7. The van der Waals surface area contributed by atoms with E-state index in [1.54, 1.807) is 14.1 Å². The topological polar surface area (TPSA) is 87.5 Å². The summed E-state index contributed by atoms with van der Waals surface area (Å²) in [4.78, 5) is 23.8. The Balaban J connectivity index is 3.37. The van der Waals surface area contributed by atoms with Crippen molar-refractivity contribution in [1.82, 2.24) is 15.5 Å². The van der Waals surface area contributed by atoms with E-state index in [0.29, 0.717) is 26.1 Å². The van der Waals surface area contributed by atoms with E-state index in [2.05, 4.69) is 10.6 Å². The third-order valence-electron chi connectivity index (χ3n) is 1.99. The number of amides is 3. The van der Waals surface area contributed by atoms with Crippen LogP contribution in [0.1, 0.15) is 19.3 Å². The van der Waals surface area contributed by atoms with Gasteiger partial charge >= 0.3 is 6.03 Å². The average Bonchev–Trinajstić information content (AvgIpc) is 2.24. The minimum Gasteiger partial charge on any atom is -0.354 e. The SMILES string of the molecule is CN(C)C(=O)NCCNC(=O)CCCCN. The van der Waals surface area contributed by atoms with E-state index in [0.717, 1.165) is 12.8 Å². The number of carbonyl (C=O) groups is 2. The predicted molar refractivity (Wildman–Crippen MR) is 63.0 cm³/mol. The van der Waals surface area contributed by atoms with E-state index in [1.807, 2.05) is 0 Å². The Morgan fingerprint density at radius 1 is 1.12 bits per heavy atom. The largest absolute Gasteiger partial charge is 0.354 e. The smallest absolute Gasteiger partial charge is 0.316 e. The summed E-state index contributed by atoms with van der Waals surface area (Å²) in [6.07, 6.45) is 2.18. The van der Waals surface area contributed by atoms with Crippen LogP contribution in [0.25, 0.3) is 0 Å². The number of nitrogens with one attached hydrogen (secondary N) is 2. The molecule has 0 rings (SSSR count). The first-order valence-corrected chi connectivity index (χ1v) is 5.50. The molecule has 0 aliphatic heterocycles. The summed E-state index contributed by atoms with van der Waals surface area (Å²) in [5.74, 6) is 0.00699. The molecule has 0 saturated carbocycles. The summed E-state index contributed by atoms with van der Waals surface area (Å²) >= 11 is 0. The highest BCUT2D eigenvalue weighted by Gasteiger charge is 2.02. The Labute approximate surface area is 96.5 Å². The Bertz CT molecular complexity index is 219. The van der Waals surface area contributed by atoms with Crippen molar-refractivity contribution in [2.75, 3.05) is 33.7 Å². The molecule has 0 unspecified atom stereocenters. The number of hydrogen-bond donors (Lipinski definition) is 3. The molecule has 0 aliphatic rings. The van der Waals surface area contributed by atoms with Crippen molar-refractivity contribution in [3.8, 4) is 0 Å². The van der Waals surface area contributed by atoms with Crippen LogP contribution in [-0.4, -0.2) is 50.6 Å². The van der Waals surface area contributed by atoms with Gasteiger partial charge in [0.1, 0.15) is 0 Å². The van der Waals surface area contributed by atoms with Crippen molar-refractivity contribution < 1.29 is 9.59 Å². The van der Waals surface area contributed by atoms with Crippen molar-refractivity contribution >= 4 is 11.9 Å². The molecule has 0 aromatic rings. The zero-order chi connectivity index (χ0) is 12.4. The fourth-order valence-corrected chi connectivity index (χ4v) is 1.05. The third kappa shape index (κ3) is 8.05. The molecule has 0 aliphatic carbocycles. The van der Waals surface area contributed by atoms with Gasteiger partial charge in [0.2, 0.25) is 5.91 Å². The maximum atomic E-state index is 11.2. The molecule has 6 nitrogen and oxygen atoms in total. The van der Waals surface area contributed by atoms with E-state index in [9.17, 15) is 9.59 Å². The summed E-state index contributed by atoms with van der Waals surface area (Å²) in [6, 6.07) is -0.155. The standard InChI is InChI=1S/C10H22N4O2/c1-14(2)10(16)13-8-7-12-9(15)5-3-4-6-11/h3-8,11H2,1-2H3,(H,12,15)(H,13,16). The molecule has 0 fully saturated rings. The number of nitrogens with two attached hydrogens (primary N) is 1. The molecule has 6 heteroatoms. The second kappa shape index (κ2) is 8.96. The van der Waals surface area contributed by atoms with Gasteiger partial charge in [0.15, 0.2) is 0 Å². The highest BCUT2D eigenvalue weighted by Crippen LogP contribution is 1.92. The molecule has 0 radical (unpaired) electrons. The average molecular weight is 230 g/mol. The minimum atomic E-state index is -0.155. The molecule has 0 spiro atoms. The summed E-state index contributed by atoms with van der Waals surface area (Å²) in [5, 5.41) is 5.38. The molecule has 0 saturated heterocycles. The van der Waals surface area contributed by atoms with Crippen LogP contribution >= 0.6 is 0 Å². The van der Waals surface area contributed by atoms with Gasteiger partial charge in [-0.1, -0.05) is 0 Å². The Morgan fingerprint density at radius 2 is 1.75 bits per heavy atom. The van der Waals surface area contributed by atoms with Crippen LogP contribution in [-0.2, 0) is 4.79 Å². The van der Waals surface area contributed by atoms with Crippen LogP contribution in [0, 0.1) is 0 Å².